The summed E-state index contributed by atoms with van der Waals surface area (Å²) in [6.45, 7) is 5.53. The van der Waals surface area contributed by atoms with Crippen LogP contribution >= 0.6 is 11.8 Å². The Hall–Kier alpha value is -1.03. The Balaban J connectivity index is 2.05. The summed E-state index contributed by atoms with van der Waals surface area (Å²) in [7, 11) is 0. The van der Waals surface area contributed by atoms with Crippen molar-refractivity contribution in [1.29, 1.82) is 0 Å². The van der Waals surface area contributed by atoms with Crippen LogP contribution in [0.25, 0.3) is 11.2 Å². The van der Waals surface area contributed by atoms with Gasteiger partial charge in [0.05, 0.1) is 0 Å². The number of hydrogen-bond acceptors (Lipinski definition) is 3. The van der Waals surface area contributed by atoms with E-state index in [-0.39, 0.29) is 0 Å². The Kier molecular flexibility index (Phi) is 3.78. The van der Waals surface area contributed by atoms with Crippen molar-refractivity contribution < 1.29 is 0 Å². The van der Waals surface area contributed by atoms with Gasteiger partial charge in [-0.15, -0.1) is 0 Å². The average Bonchev–Trinajstić information content (AvgIpc) is 2.78. The van der Waals surface area contributed by atoms with Crippen molar-refractivity contribution in [2.45, 2.75) is 39.2 Å². The van der Waals surface area contributed by atoms with Crippen molar-refractivity contribution in [1.82, 2.24) is 14.5 Å². The van der Waals surface area contributed by atoms with Crippen molar-refractivity contribution in [3.63, 3.8) is 0 Å². The number of aromatic nitrogens is 3. The SMILES string of the molecule is CC(C)Cn1c(C2CCCSC2)nc2cccnc21. The molecule has 0 bridgehead atoms. The summed E-state index contributed by atoms with van der Waals surface area (Å²) in [5, 5.41) is 0. The highest BCUT2D eigenvalue weighted by Crippen LogP contribution is 2.32. The second-order valence-corrected chi connectivity index (χ2v) is 6.88. The molecule has 1 saturated heterocycles. The smallest absolute Gasteiger partial charge is 0.159 e. The highest BCUT2D eigenvalue weighted by atomic mass is 32.2. The van der Waals surface area contributed by atoms with Gasteiger partial charge in [0.25, 0.3) is 0 Å². The first-order valence-corrected chi connectivity index (χ1v) is 8.30. The Morgan fingerprint density at radius 3 is 3.11 bits per heavy atom. The van der Waals surface area contributed by atoms with Gasteiger partial charge in [0, 0.05) is 24.4 Å². The van der Waals surface area contributed by atoms with Crippen molar-refractivity contribution in [3.05, 3.63) is 24.2 Å². The highest BCUT2D eigenvalue weighted by Gasteiger charge is 2.23. The van der Waals surface area contributed by atoms with Gasteiger partial charge in [-0.2, -0.15) is 11.8 Å². The minimum atomic E-state index is 0.603. The van der Waals surface area contributed by atoms with Gasteiger partial charge < -0.3 is 4.57 Å². The maximum Gasteiger partial charge on any atom is 0.159 e. The summed E-state index contributed by atoms with van der Waals surface area (Å²) < 4.78 is 2.36. The third-order valence-corrected chi connectivity index (χ3v) is 4.82. The van der Waals surface area contributed by atoms with Gasteiger partial charge in [-0.05, 0) is 36.6 Å². The first kappa shape index (κ1) is 13.0. The molecule has 3 heterocycles. The standard InChI is InChI=1S/C15H21N3S/c1-11(2)9-18-14(12-5-4-8-19-10-12)17-13-6-3-7-16-15(13)18/h3,6-7,11-12H,4-5,8-10H2,1-2H3. The van der Waals surface area contributed by atoms with Gasteiger partial charge in [0.1, 0.15) is 11.3 Å². The minimum absolute atomic E-state index is 0.603. The predicted molar refractivity (Wildman–Crippen MR) is 81.7 cm³/mol. The molecule has 0 radical (unpaired) electrons. The molecule has 1 atom stereocenters. The van der Waals surface area contributed by atoms with Crippen LogP contribution in [0.1, 0.15) is 38.4 Å². The molecule has 19 heavy (non-hydrogen) atoms. The van der Waals surface area contributed by atoms with Crippen LogP contribution in [0.3, 0.4) is 0 Å². The number of imidazole rings is 1. The summed E-state index contributed by atoms with van der Waals surface area (Å²) >= 11 is 2.06. The zero-order valence-corrected chi connectivity index (χ0v) is 12.5. The molecule has 1 fully saturated rings. The lowest BCUT2D eigenvalue weighted by Gasteiger charge is -2.22. The van der Waals surface area contributed by atoms with Crippen LogP contribution in [0.2, 0.25) is 0 Å². The van der Waals surface area contributed by atoms with E-state index < -0.39 is 0 Å². The fourth-order valence-electron chi connectivity index (χ4n) is 2.78. The molecule has 0 amide bonds. The van der Waals surface area contributed by atoms with Crippen molar-refractivity contribution >= 4 is 22.9 Å². The third-order valence-electron chi connectivity index (χ3n) is 3.61. The molecule has 2 aromatic rings. The zero-order valence-electron chi connectivity index (χ0n) is 11.7. The van der Waals surface area contributed by atoms with E-state index in [0.717, 1.165) is 17.7 Å². The van der Waals surface area contributed by atoms with Crippen LogP contribution in [-0.4, -0.2) is 26.0 Å². The van der Waals surface area contributed by atoms with Gasteiger partial charge >= 0.3 is 0 Å². The summed E-state index contributed by atoms with van der Waals surface area (Å²) in [6.07, 6.45) is 4.46. The normalized spacial score (nSPS) is 20.3. The van der Waals surface area contributed by atoms with Gasteiger partial charge in [-0.25, -0.2) is 9.97 Å². The first-order valence-electron chi connectivity index (χ1n) is 7.14. The van der Waals surface area contributed by atoms with Gasteiger partial charge in [-0.3, -0.25) is 0 Å². The summed E-state index contributed by atoms with van der Waals surface area (Å²) in [5.74, 6) is 5.00. The highest BCUT2D eigenvalue weighted by molar-refractivity contribution is 7.99. The molecule has 0 aliphatic carbocycles. The van der Waals surface area contributed by atoms with E-state index in [1.165, 1.54) is 30.2 Å². The molecule has 1 unspecified atom stereocenters. The number of thioether (sulfide) groups is 1. The molecule has 0 saturated carbocycles. The molecule has 2 aromatic heterocycles. The Labute approximate surface area is 118 Å². The maximum absolute atomic E-state index is 4.88. The van der Waals surface area contributed by atoms with E-state index in [9.17, 15) is 0 Å². The molecule has 102 valence electrons. The fraction of sp³-hybridized carbons (Fsp3) is 0.600. The number of pyridine rings is 1. The molecule has 1 aliphatic rings. The van der Waals surface area contributed by atoms with Crippen molar-refractivity contribution in [2.24, 2.45) is 5.92 Å². The lowest BCUT2D eigenvalue weighted by atomic mass is 10.0. The third kappa shape index (κ3) is 2.64. The average molecular weight is 275 g/mol. The van der Waals surface area contributed by atoms with Gasteiger partial charge in [0.15, 0.2) is 5.65 Å². The van der Waals surface area contributed by atoms with E-state index in [0.29, 0.717) is 11.8 Å². The van der Waals surface area contributed by atoms with Gasteiger partial charge in [0.2, 0.25) is 0 Å². The molecule has 3 nitrogen and oxygen atoms in total. The molecular weight excluding hydrogens is 254 g/mol. The van der Waals surface area contributed by atoms with Crippen LogP contribution < -0.4 is 0 Å². The molecule has 0 spiro atoms. The van der Waals surface area contributed by atoms with Crippen LogP contribution in [0.15, 0.2) is 18.3 Å². The minimum Gasteiger partial charge on any atom is -0.312 e. The van der Waals surface area contributed by atoms with Crippen molar-refractivity contribution in [3.8, 4) is 0 Å². The van der Waals surface area contributed by atoms with Crippen LogP contribution in [0, 0.1) is 5.92 Å². The molecule has 3 rings (SSSR count). The van der Waals surface area contributed by atoms with Crippen LogP contribution in [-0.2, 0) is 6.54 Å². The van der Waals surface area contributed by atoms with Crippen LogP contribution in [0.4, 0.5) is 0 Å². The van der Waals surface area contributed by atoms with E-state index >= 15 is 0 Å². The van der Waals surface area contributed by atoms with E-state index in [4.69, 9.17) is 4.98 Å². The summed E-state index contributed by atoms with van der Waals surface area (Å²) in [4.78, 5) is 9.42. The van der Waals surface area contributed by atoms with Gasteiger partial charge in [-0.1, -0.05) is 13.8 Å². The second kappa shape index (κ2) is 5.53. The molecule has 1 aliphatic heterocycles. The maximum atomic E-state index is 4.88. The molecular formula is C15H21N3S. The van der Waals surface area contributed by atoms with Crippen molar-refractivity contribution in [2.75, 3.05) is 11.5 Å². The summed E-state index contributed by atoms with van der Waals surface area (Å²) in [6, 6.07) is 4.06. The molecule has 4 heteroatoms. The topological polar surface area (TPSA) is 30.7 Å². The number of fused-ring (bicyclic) bond motifs is 1. The monoisotopic (exact) mass is 275 g/mol. The number of nitrogens with zero attached hydrogens (tertiary/aromatic N) is 3. The first-order chi connectivity index (χ1) is 9.25. The van der Waals surface area contributed by atoms with Crippen LogP contribution in [0.5, 0.6) is 0 Å². The lowest BCUT2D eigenvalue weighted by Crippen LogP contribution is -2.17. The summed E-state index contributed by atoms with van der Waals surface area (Å²) in [5.41, 5.74) is 2.11. The molecule has 0 N–H and O–H groups in total. The Morgan fingerprint density at radius 2 is 2.37 bits per heavy atom. The quantitative estimate of drug-likeness (QED) is 0.855. The predicted octanol–water partition coefficient (Wildman–Crippen LogP) is 3.70. The second-order valence-electron chi connectivity index (χ2n) is 5.73. The Bertz CT molecular complexity index is 556. The number of rotatable bonds is 3. The molecule has 0 aromatic carbocycles. The zero-order chi connectivity index (χ0) is 13.2. The van der Waals surface area contributed by atoms with E-state index in [1.807, 2.05) is 12.3 Å². The largest absolute Gasteiger partial charge is 0.312 e. The van der Waals surface area contributed by atoms with E-state index in [1.54, 1.807) is 0 Å². The fourth-order valence-corrected chi connectivity index (χ4v) is 3.91. The Morgan fingerprint density at radius 1 is 1.47 bits per heavy atom. The number of hydrogen-bond donors (Lipinski definition) is 0. The van der Waals surface area contributed by atoms with E-state index in [2.05, 4.69) is 41.2 Å². The lowest BCUT2D eigenvalue weighted by molar-refractivity contribution is 0.491.